The van der Waals surface area contributed by atoms with Crippen LogP contribution in [0.15, 0.2) is 71.3 Å². The minimum absolute atomic E-state index is 0.202. The molecule has 3 aromatic rings. The highest BCUT2D eigenvalue weighted by Gasteiger charge is 2.29. The smallest absolute Gasteiger partial charge is 0.313 e. The van der Waals surface area contributed by atoms with E-state index in [0.717, 1.165) is 18.7 Å². The first-order chi connectivity index (χ1) is 14.7. The van der Waals surface area contributed by atoms with Gasteiger partial charge in [0.2, 0.25) is 0 Å². The lowest BCUT2D eigenvalue weighted by Crippen LogP contribution is -2.41. The summed E-state index contributed by atoms with van der Waals surface area (Å²) >= 11 is 0. The summed E-state index contributed by atoms with van der Waals surface area (Å²) in [6, 6.07) is 20.1. The Bertz CT molecular complexity index is 1100. The SMILES string of the molecule is N#Cc1ccccc1NC(=O)C(=O)NC[C@@H](c1ccco1)N1CCc2ccccc21. The zero-order valence-electron chi connectivity index (χ0n) is 16.2. The number of nitrogens with zero attached hydrogens (tertiary/aromatic N) is 2. The van der Waals surface area contributed by atoms with E-state index >= 15 is 0 Å². The molecule has 2 aromatic carbocycles. The van der Waals surface area contributed by atoms with Crippen LogP contribution >= 0.6 is 0 Å². The summed E-state index contributed by atoms with van der Waals surface area (Å²) in [5, 5.41) is 14.3. The zero-order chi connectivity index (χ0) is 20.9. The summed E-state index contributed by atoms with van der Waals surface area (Å²) in [6.45, 7) is 0.996. The Morgan fingerprint density at radius 3 is 2.67 bits per heavy atom. The van der Waals surface area contributed by atoms with Gasteiger partial charge < -0.3 is 20.0 Å². The molecule has 0 radical (unpaired) electrons. The van der Waals surface area contributed by atoms with Crippen LogP contribution in [0.4, 0.5) is 11.4 Å². The van der Waals surface area contributed by atoms with Crippen molar-refractivity contribution >= 4 is 23.2 Å². The lowest BCUT2D eigenvalue weighted by Gasteiger charge is -2.29. The summed E-state index contributed by atoms with van der Waals surface area (Å²) in [7, 11) is 0. The molecule has 7 heteroatoms. The fourth-order valence-corrected chi connectivity index (χ4v) is 3.67. The van der Waals surface area contributed by atoms with E-state index in [-0.39, 0.29) is 12.6 Å². The number of rotatable bonds is 5. The molecular weight excluding hydrogens is 380 g/mol. The van der Waals surface area contributed by atoms with Crippen LogP contribution in [-0.4, -0.2) is 24.9 Å². The van der Waals surface area contributed by atoms with Crippen LogP contribution in [-0.2, 0) is 16.0 Å². The predicted octanol–water partition coefficient (Wildman–Crippen LogP) is 3.01. The summed E-state index contributed by atoms with van der Waals surface area (Å²) in [6.07, 6.45) is 2.50. The standard InChI is InChI=1S/C23H20N4O3/c24-14-17-7-1-3-8-18(17)26-23(29)22(28)25-15-20(21-10-5-13-30-21)27-12-11-16-6-2-4-9-19(16)27/h1-10,13,20H,11-12,15H2,(H,25,28)(H,26,29)/t20-/m0/s1. The lowest BCUT2D eigenvalue weighted by molar-refractivity contribution is -0.136. The van der Waals surface area contributed by atoms with E-state index in [1.807, 2.05) is 30.3 Å². The van der Waals surface area contributed by atoms with Gasteiger partial charge in [-0.3, -0.25) is 9.59 Å². The van der Waals surface area contributed by atoms with Gasteiger partial charge in [0.25, 0.3) is 0 Å². The van der Waals surface area contributed by atoms with E-state index in [0.29, 0.717) is 17.0 Å². The normalized spacial score (nSPS) is 13.2. The number of fused-ring (bicyclic) bond motifs is 1. The fourth-order valence-electron chi connectivity index (χ4n) is 3.67. The molecule has 1 aromatic heterocycles. The minimum Gasteiger partial charge on any atom is -0.467 e. The topological polar surface area (TPSA) is 98.4 Å². The monoisotopic (exact) mass is 400 g/mol. The molecule has 30 heavy (non-hydrogen) atoms. The number of furan rings is 1. The van der Waals surface area contributed by atoms with Gasteiger partial charge in [0.15, 0.2) is 0 Å². The first-order valence-electron chi connectivity index (χ1n) is 9.63. The number of nitriles is 1. The molecule has 1 aliphatic rings. The van der Waals surface area contributed by atoms with Gasteiger partial charge in [-0.1, -0.05) is 30.3 Å². The van der Waals surface area contributed by atoms with E-state index in [2.05, 4.69) is 21.6 Å². The van der Waals surface area contributed by atoms with Gasteiger partial charge in [-0.05, 0) is 42.3 Å². The van der Waals surface area contributed by atoms with Gasteiger partial charge in [0, 0.05) is 18.8 Å². The third kappa shape index (κ3) is 3.89. The van der Waals surface area contributed by atoms with Crippen LogP contribution in [0.5, 0.6) is 0 Å². The van der Waals surface area contributed by atoms with Crippen molar-refractivity contribution < 1.29 is 14.0 Å². The Morgan fingerprint density at radius 1 is 1.07 bits per heavy atom. The first kappa shape index (κ1) is 19.3. The fraction of sp³-hybridized carbons (Fsp3) is 0.174. The molecule has 4 rings (SSSR count). The third-order valence-corrected chi connectivity index (χ3v) is 5.13. The van der Waals surface area contributed by atoms with Crippen molar-refractivity contribution in [1.82, 2.24) is 5.32 Å². The van der Waals surface area contributed by atoms with Crippen molar-refractivity contribution in [2.24, 2.45) is 0 Å². The zero-order valence-corrected chi connectivity index (χ0v) is 16.2. The molecule has 1 atom stereocenters. The molecule has 1 aliphatic heterocycles. The van der Waals surface area contributed by atoms with Crippen LogP contribution in [0, 0.1) is 11.3 Å². The van der Waals surface area contributed by atoms with E-state index < -0.39 is 11.8 Å². The second kappa shape index (κ2) is 8.53. The molecule has 2 heterocycles. The maximum Gasteiger partial charge on any atom is 0.313 e. The number of carbonyl (C=O) groups excluding carboxylic acids is 2. The Balaban J connectivity index is 1.46. The van der Waals surface area contributed by atoms with Crippen LogP contribution in [0.2, 0.25) is 0 Å². The largest absolute Gasteiger partial charge is 0.467 e. The Morgan fingerprint density at radius 2 is 1.87 bits per heavy atom. The van der Waals surface area contributed by atoms with Gasteiger partial charge >= 0.3 is 11.8 Å². The number of hydrogen-bond acceptors (Lipinski definition) is 5. The van der Waals surface area contributed by atoms with Gasteiger partial charge in [0.05, 0.1) is 17.5 Å². The van der Waals surface area contributed by atoms with Gasteiger partial charge in [-0.2, -0.15) is 5.26 Å². The van der Waals surface area contributed by atoms with Gasteiger partial charge in [-0.15, -0.1) is 0 Å². The molecule has 0 saturated carbocycles. The van der Waals surface area contributed by atoms with E-state index in [4.69, 9.17) is 9.68 Å². The Hall–Kier alpha value is -4.05. The Labute approximate surface area is 173 Å². The van der Waals surface area contributed by atoms with Crippen molar-refractivity contribution in [2.75, 3.05) is 23.3 Å². The van der Waals surface area contributed by atoms with Crippen molar-refractivity contribution in [2.45, 2.75) is 12.5 Å². The summed E-state index contributed by atoms with van der Waals surface area (Å²) in [5.74, 6) is -0.883. The maximum atomic E-state index is 12.4. The van der Waals surface area contributed by atoms with Gasteiger partial charge in [-0.25, -0.2) is 0 Å². The third-order valence-electron chi connectivity index (χ3n) is 5.13. The molecule has 2 N–H and O–H groups in total. The number of amides is 2. The highest BCUT2D eigenvalue weighted by molar-refractivity contribution is 6.39. The second-order valence-electron chi connectivity index (χ2n) is 6.92. The van der Waals surface area contributed by atoms with Gasteiger partial charge in [0.1, 0.15) is 17.9 Å². The summed E-state index contributed by atoms with van der Waals surface area (Å²) in [5.41, 5.74) is 2.93. The van der Waals surface area contributed by atoms with Crippen molar-refractivity contribution in [1.29, 1.82) is 5.26 Å². The summed E-state index contributed by atoms with van der Waals surface area (Å²) in [4.78, 5) is 26.9. The van der Waals surface area contributed by atoms with E-state index in [1.54, 1.807) is 36.6 Å². The van der Waals surface area contributed by atoms with E-state index in [9.17, 15) is 9.59 Å². The molecule has 0 fully saturated rings. The molecular formula is C23H20N4O3. The molecule has 0 unspecified atom stereocenters. The molecule has 7 nitrogen and oxygen atoms in total. The first-order valence-corrected chi connectivity index (χ1v) is 9.63. The highest BCUT2D eigenvalue weighted by atomic mass is 16.3. The van der Waals surface area contributed by atoms with Crippen molar-refractivity contribution in [3.63, 3.8) is 0 Å². The number of anilines is 2. The van der Waals surface area contributed by atoms with E-state index in [1.165, 1.54) is 5.56 Å². The van der Waals surface area contributed by atoms with Crippen LogP contribution < -0.4 is 15.5 Å². The number of benzene rings is 2. The molecule has 150 valence electrons. The maximum absolute atomic E-state index is 12.4. The van der Waals surface area contributed by atoms with Crippen LogP contribution in [0.25, 0.3) is 0 Å². The van der Waals surface area contributed by atoms with Crippen molar-refractivity contribution in [3.8, 4) is 6.07 Å². The average molecular weight is 400 g/mol. The highest BCUT2D eigenvalue weighted by Crippen LogP contribution is 2.34. The Kier molecular flexibility index (Phi) is 5.48. The average Bonchev–Trinajstić information content (AvgIpc) is 3.45. The van der Waals surface area contributed by atoms with Crippen LogP contribution in [0.1, 0.15) is 22.9 Å². The predicted molar refractivity (Wildman–Crippen MR) is 112 cm³/mol. The van der Waals surface area contributed by atoms with Crippen LogP contribution in [0.3, 0.4) is 0 Å². The number of hydrogen-bond donors (Lipinski definition) is 2. The number of carbonyl (C=O) groups is 2. The lowest BCUT2D eigenvalue weighted by atomic mass is 10.1. The molecule has 0 bridgehead atoms. The minimum atomic E-state index is -0.822. The second-order valence-corrected chi connectivity index (χ2v) is 6.92. The van der Waals surface area contributed by atoms with Crippen molar-refractivity contribution in [3.05, 3.63) is 83.8 Å². The molecule has 0 aliphatic carbocycles. The molecule has 0 saturated heterocycles. The number of nitrogens with one attached hydrogen (secondary N) is 2. The molecule has 0 spiro atoms. The number of para-hydroxylation sites is 2. The summed E-state index contributed by atoms with van der Waals surface area (Å²) < 4.78 is 5.61. The quantitative estimate of drug-likeness (QED) is 0.642. The molecule has 2 amide bonds.